The monoisotopic (exact) mass is 580 g/mol. The van der Waals surface area contributed by atoms with Crippen LogP contribution in [0, 0.1) is 11.6 Å². The molecule has 0 bridgehead atoms. The minimum atomic E-state index is -1.17. The van der Waals surface area contributed by atoms with Gasteiger partial charge in [-0.3, -0.25) is 0 Å². The number of carbonyl (C=O) groups excluding carboxylic acids is 2. The minimum Gasteiger partial charge on any atom is -0.476 e. The maximum atomic E-state index is 14.2. The number of nitrogens with zero attached hydrogens (tertiary/aromatic N) is 1. The topological polar surface area (TPSA) is 67.9 Å². The number of rotatable bonds is 16. The van der Waals surface area contributed by atoms with Gasteiger partial charge in [-0.15, -0.1) is 0 Å². The van der Waals surface area contributed by atoms with E-state index in [9.17, 15) is 18.4 Å². The summed E-state index contributed by atoms with van der Waals surface area (Å²) in [5.41, 5.74) is 0.579. The van der Waals surface area contributed by atoms with Gasteiger partial charge in [0, 0.05) is 19.2 Å². The fourth-order valence-electron chi connectivity index (χ4n) is 4.43. The second-order valence-electron chi connectivity index (χ2n) is 10.6. The smallest absolute Gasteiger partial charge is 0.350 e. The van der Waals surface area contributed by atoms with Crippen LogP contribution in [-0.4, -0.2) is 35.6 Å². The van der Waals surface area contributed by atoms with Crippen molar-refractivity contribution in [2.75, 3.05) is 18.4 Å². The second-order valence-corrected chi connectivity index (χ2v) is 10.6. The fraction of sp³-hybridized carbons (Fsp3) is 0.412. The Kier molecular flexibility index (Phi) is 12.8. The molecular weight excluding hydrogens is 538 g/mol. The Hall–Kier alpha value is -3.94. The van der Waals surface area contributed by atoms with Gasteiger partial charge in [-0.2, -0.15) is 0 Å². The van der Waals surface area contributed by atoms with Crippen LogP contribution in [0.1, 0.15) is 70.4 Å². The molecule has 6 nitrogen and oxygen atoms in total. The molecule has 0 aliphatic heterocycles. The van der Waals surface area contributed by atoms with Gasteiger partial charge in [0.2, 0.25) is 5.60 Å². The quantitative estimate of drug-likeness (QED) is 0.137. The van der Waals surface area contributed by atoms with Gasteiger partial charge in [-0.1, -0.05) is 82.0 Å². The third kappa shape index (κ3) is 10.2. The van der Waals surface area contributed by atoms with Gasteiger partial charge in [-0.05, 0) is 61.6 Å². The highest BCUT2D eigenvalue weighted by atomic mass is 19.1. The lowest BCUT2D eigenvalue weighted by atomic mass is 10.0. The van der Waals surface area contributed by atoms with Crippen molar-refractivity contribution in [3.05, 3.63) is 95.6 Å². The van der Waals surface area contributed by atoms with Gasteiger partial charge in [0.25, 0.3) is 0 Å². The zero-order valence-corrected chi connectivity index (χ0v) is 24.8. The summed E-state index contributed by atoms with van der Waals surface area (Å²) in [4.78, 5) is 27.7. The first kappa shape index (κ1) is 32.6. The van der Waals surface area contributed by atoms with E-state index in [0.29, 0.717) is 31.7 Å². The summed E-state index contributed by atoms with van der Waals surface area (Å²) in [6.07, 6.45) is 6.08. The van der Waals surface area contributed by atoms with Crippen molar-refractivity contribution in [1.29, 1.82) is 0 Å². The van der Waals surface area contributed by atoms with Crippen LogP contribution in [0.2, 0.25) is 0 Å². The molecule has 3 aromatic rings. The van der Waals surface area contributed by atoms with Crippen LogP contribution in [0.25, 0.3) is 0 Å². The molecule has 0 spiro atoms. The van der Waals surface area contributed by atoms with Gasteiger partial charge < -0.3 is 19.7 Å². The van der Waals surface area contributed by atoms with Crippen LogP contribution in [0.15, 0.2) is 72.8 Å². The molecule has 1 atom stereocenters. The van der Waals surface area contributed by atoms with E-state index in [2.05, 4.69) is 12.2 Å². The summed E-state index contributed by atoms with van der Waals surface area (Å²) in [5.74, 6) is -1.45. The van der Waals surface area contributed by atoms with Crippen molar-refractivity contribution in [3.63, 3.8) is 0 Å². The molecule has 2 amide bonds. The first-order chi connectivity index (χ1) is 20.2. The third-order valence-corrected chi connectivity index (χ3v) is 7.22. The highest BCUT2D eigenvalue weighted by Crippen LogP contribution is 2.25. The largest absolute Gasteiger partial charge is 0.476 e. The number of benzene rings is 3. The molecular formula is C34H42F2N2O4. The number of ether oxygens (including phenoxy) is 2. The highest BCUT2D eigenvalue weighted by molar-refractivity contribution is 5.89. The van der Waals surface area contributed by atoms with Crippen LogP contribution >= 0.6 is 0 Å². The summed E-state index contributed by atoms with van der Waals surface area (Å²) < 4.78 is 39.2. The number of nitrogens with one attached hydrogen (secondary N) is 1. The van der Waals surface area contributed by atoms with E-state index in [0.717, 1.165) is 55.4 Å². The van der Waals surface area contributed by atoms with Gasteiger partial charge in [0.15, 0.2) is 0 Å². The average molecular weight is 581 g/mol. The Morgan fingerprint density at radius 1 is 0.857 bits per heavy atom. The molecule has 0 aliphatic rings. The summed E-state index contributed by atoms with van der Waals surface area (Å²) >= 11 is 0. The van der Waals surface area contributed by atoms with Gasteiger partial charge in [0.05, 0.1) is 5.69 Å². The predicted molar refractivity (Wildman–Crippen MR) is 161 cm³/mol. The van der Waals surface area contributed by atoms with E-state index in [1.807, 2.05) is 55.5 Å². The zero-order chi connectivity index (χ0) is 30.4. The number of urea groups is 1. The summed E-state index contributed by atoms with van der Waals surface area (Å²) in [5, 5.41) is 2.58. The van der Waals surface area contributed by atoms with Crippen molar-refractivity contribution in [2.24, 2.45) is 0 Å². The second kappa shape index (κ2) is 16.5. The summed E-state index contributed by atoms with van der Waals surface area (Å²) in [7, 11) is 0. The number of hydrogen-bond acceptors (Lipinski definition) is 4. The Balaban J connectivity index is 1.64. The molecule has 1 unspecified atom stereocenters. The van der Waals surface area contributed by atoms with E-state index in [1.54, 1.807) is 17.9 Å². The molecule has 0 saturated heterocycles. The molecule has 0 aromatic heterocycles. The predicted octanol–water partition coefficient (Wildman–Crippen LogP) is 8.30. The molecule has 0 radical (unpaired) electrons. The number of unbranched alkanes of at least 4 members (excludes halogenated alkanes) is 4. The third-order valence-electron chi connectivity index (χ3n) is 7.22. The lowest BCUT2D eigenvalue weighted by Crippen LogP contribution is -2.42. The van der Waals surface area contributed by atoms with Crippen molar-refractivity contribution < 1.29 is 27.8 Å². The van der Waals surface area contributed by atoms with Crippen LogP contribution in [0.5, 0.6) is 5.75 Å². The Morgan fingerprint density at radius 2 is 1.60 bits per heavy atom. The highest BCUT2D eigenvalue weighted by Gasteiger charge is 2.35. The summed E-state index contributed by atoms with van der Waals surface area (Å²) in [6, 6.07) is 19.5. The molecule has 8 heteroatoms. The van der Waals surface area contributed by atoms with E-state index in [-0.39, 0.29) is 12.3 Å². The Morgan fingerprint density at radius 3 is 2.31 bits per heavy atom. The van der Waals surface area contributed by atoms with Gasteiger partial charge >= 0.3 is 12.0 Å². The van der Waals surface area contributed by atoms with Crippen molar-refractivity contribution in [1.82, 2.24) is 4.90 Å². The Labute approximate surface area is 248 Å². The van der Waals surface area contributed by atoms with E-state index >= 15 is 0 Å². The van der Waals surface area contributed by atoms with Gasteiger partial charge in [0.1, 0.15) is 24.0 Å². The molecule has 3 aromatic carbocycles. The van der Waals surface area contributed by atoms with E-state index in [1.165, 1.54) is 6.07 Å². The maximum Gasteiger partial charge on any atom is 0.350 e. The molecule has 1 N–H and O–H groups in total. The lowest BCUT2D eigenvalue weighted by Gasteiger charge is -2.28. The molecule has 0 saturated carbocycles. The number of halogens is 2. The molecule has 0 fully saturated rings. The first-order valence-corrected chi connectivity index (χ1v) is 14.7. The minimum absolute atomic E-state index is 0.0641. The summed E-state index contributed by atoms with van der Waals surface area (Å²) in [6.45, 7) is 6.79. The van der Waals surface area contributed by atoms with Crippen molar-refractivity contribution in [2.45, 2.75) is 77.9 Å². The number of esters is 1. The number of hydrogen-bond donors (Lipinski definition) is 1. The fourth-order valence-corrected chi connectivity index (χ4v) is 4.43. The Bertz CT molecular complexity index is 1290. The average Bonchev–Trinajstić information content (AvgIpc) is 2.99. The molecule has 0 aliphatic carbocycles. The molecule has 0 heterocycles. The SMILES string of the molecule is CCCCCCCN(CCc1cccc(OC(C)(CC)C(=O)OCc2ccccc2)c1)C(=O)Nc1ccc(F)cc1F. The normalized spacial score (nSPS) is 12.3. The van der Waals surface area contributed by atoms with Crippen LogP contribution in [0.3, 0.4) is 0 Å². The van der Waals surface area contributed by atoms with Crippen LogP contribution in [-0.2, 0) is 22.6 Å². The van der Waals surface area contributed by atoms with Crippen molar-refractivity contribution >= 4 is 17.7 Å². The van der Waals surface area contributed by atoms with E-state index in [4.69, 9.17) is 9.47 Å². The first-order valence-electron chi connectivity index (χ1n) is 14.7. The van der Waals surface area contributed by atoms with Gasteiger partial charge in [-0.25, -0.2) is 18.4 Å². The zero-order valence-electron chi connectivity index (χ0n) is 24.8. The lowest BCUT2D eigenvalue weighted by molar-refractivity contribution is -0.162. The number of carbonyl (C=O) groups is 2. The number of amides is 2. The van der Waals surface area contributed by atoms with Crippen LogP contribution in [0.4, 0.5) is 19.3 Å². The van der Waals surface area contributed by atoms with Crippen LogP contribution < -0.4 is 10.1 Å². The maximum absolute atomic E-state index is 14.2. The molecule has 42 heavy (non-hydrogen) atoms. The number of anilines is 1. The van der Waals surface area contributed by atoms with Crippen molar-refractivity contribution in [3.8, 4) is 5.75 Å². The molecule has 3 rings (SSSR count). The van der Waals surface area contributed by atoms with E-state index < -0.39 is 29.2 Å². The standard InChI is InChI=1S/C34H42F2N2O4/c1-4-6-7-8-12-21-38(33(40)37-31-19-18-28(35)24-30(31)36)22-20-26-16-13-17-29(23-26)42-34(3,5-2)32(39)41-25-27-14-10-9-11-15-27/h9-11,13-19,23-24H,4-8,12,20-22,25H2,1-3H3,(H,37,40). The molecule has 226 valence electrons.